The van der Waals surface area contributed by atoms with Crippen LogP contribution in [0.25, 0.3) is 0 Å². The Morgan fingerprint density at radius 2 is 0.850 bits per heavy atom. The molecular weight excluding hydrogens is 375 g/mol. The van der Waals surface area contributed by atoms with E-state index in [-0.39, 0.29) is 7.20 Å². The second-order valence-electron chi connectivity index (χ2n) is 6.70. The molecule has 0 aromatic carbocycles. The molecule has 0 nitrogen and oxygen atoms in total. The maximum atomic E-state index is 2.66. The molecule has 0 saturated heterocycles. The Balaban J connectivity index is 2.99. The predicted molar refractivity (Wildman–Crippen MR) is 109 cm³/mol. The molecule has 0 N–H and O–H groups in total. The van der Waals surface area contributed by atoms with E-state index in [0.29, 0.717) is 0 Å². The zero-order valence-electron chi connectivity index (χ0n) is 14.4. The van der Waals surface area contributed by atoms with Gasteiger partial charge in [0.25, 0.3) is 0 Å². The van der Waals surface area contributed by atoms with Crippen molar-refractivity contribution in [2.45, 2.75) is 96.8 Å². The molecule has 124 valence electrons. The zero-order valence-corrected chi connectivity index (χ0v) is 17.4. The number of unbranched alkanes of at least 4 members (excludes halogenated alkanes) is 13. The molecule has 0 aliphatic heterocycles. The lowest BCUT2D eigenvalue weighted by Gasteiger charge is -2.21. The van der Waals surface area contributed by atoms with Gasteiger partial charge in [-0.2, -0.15) is 7.20 Å². The molecule has 0 fully saturated rings. The summed E-state index contributed by atoms with van der Waals surface area (Å²) in [5, 5.41) is 0. The van der Waals surface area contributed by atoms with Crippen molar-refractivity contribution in [3.63, 3.8) is 0 Å². The van der Waals surface area contributed by atoms with Gasteiger partial charge in [-0.15, -0.1) is 0 Å². The summed E-state index contributed by atoms with van der Waals surface area (Å²) < 4.78 is 0. The van der Waals surface area contributed by atoms with Gasteiger partial charge in [0.1, 0.15) is 0 Å². The van der Waals surface area contributed by atoms with Crippen molar-refractivity contribution in [2.24, 2.45) is 0 Å². The molecular formula is C18H39IS. The first kappa shape index (κ1) is 21.1. The highest BCUT2D eigenvalue weighted by atomic mass is 127. The first-order valence-electron chi connectivity index (χ1n) is 8.97. The Kier molecular flexibility index (Phi) is 15.8. The van der Waals surface area contributed by atoms with Crippen LogP contribution in [0, 0.1) is 0 Å². The summed E-state index contributed by atoms with van der Waals surface area (Å²) in [6.07, 6.45) is 25.4. The average Bonchev–Trinajstić information content (AvgIpc) is 2.38. The number of hydrogen-bond donors (Lipinski definition) is 0. The fraction of sp³-hybridized carbons (Fsp3) is 1.00. The largest absolute Gasteiger partial charge is 0.193 e. The lowest BCUT2D eigenvalue weighted by Crippen LogP contribution is -1.92. The predicted octanol–water partition coefficient (Wildman–Crippen LogP) is 7.88. The van der Waals surface area contributed by atoms with Gasteiger partial charge in [-0.05, 0) is 45.9 Å². The molecule has 0 heterocycles. The summed E-state index contributed by atoms with van der Waals surface area (Å²) in [6, 6.07) is 0. The van der Waals surface area contributed by atoms with Crippen LogP contribution < -0.4 is 0 Å². The third kappa shape index (κ3) is 19.1. The topological polar surface area (TPSA) is 0 Å². The van der Waals surface area contributed by atoms with Crippen molar-refractivity contribution in [1.82, 2.24) is 0 Å². The highest BCUT2D eigenvalue weighted by Crippen LogP contribution is 2.49. The molecule has 0 bridgehead atoms. The Morgan fingerprint density at radius 1 is 0.550 bits per heavy atom. The normalized spacial score (nSPS) is 12.8. The summed E-state index contributed by atoms with van der Waals surface area (Å²) >= 11 is 2.66. The minimum Gasteiger partial charge on any atom is -0.193 e. The van der Waals surface area contributed by atoms with E-state index in [1.807, 2.05) is 0 Å². The molecule has 0 aliphatic carbocycles. The van der Waals surface area contributed by atoms with Gasteiger partial charge >= 0.3 is 0 Å². The molecule has 0 atom stereocenters. The first-order valence-corrected chi connectivity index (χ1v) is 14.1. The van der Waals surface area contributed by atoms with Crippen LogP contribution in [0.4, 0.5) is 0 Å². The Labute approximate surface area is 143 Å². The van der Waals surface area contributed by atoms with Crippen LogP contribution >= 0.6 is 28.4 Å². The van der Waals surface area contributed by atoms with Gasteiger partial charge in [0, 0.05) is 0 Å². The lowest BCUT2D eigenvalue weighted by atomic mass is 10.0. The Bertz CT molecular complexity index is 186. The van der Waals surface area contributed by atoms with E-state index in [1.54, 1.807) is 0 Å². The van der Waals surface area contributed by atoms with Crippen molar-refractivity contribution < 1.29 is 0 Å². The van der Waals surface area contributed by atoms with E-state index in [4.69, 9.17) is 0 Å². The third-order valence-corrected chi connectivity index (χ3v) is 6.56. The molecule has 0 rings (SSSR count). The lowest BCUT2D eigenvalue weighted by molar-refractivity contribution is 0.538. The molecule has 0 unspecified atom stereocenters. The number of halogens is 1. The first-order chi connectivity index (χ1) is 9.56. The molecule has 0 aromatic heterocycles. The second kappa shape index (κ2) is 15.0. The maximum Gasteiger partial charge on any atom is -0.0149 e. The van der Waals surface area contributed by atoms with Crippen LogP contribution in [0.5, 0.6) is 0 Å². The molecule has 0 aliphatic rings. The molecule has 0 aromatic rings. The van der Waals surface area contributed by atoms with Gasteiger partial charge < -0.3 is 0 Å². The minimum atomic E-state index is -0.270. The maximum absolute atomic E-state index is 2.66. The molecule has 2 heteroatoms. The highest BCUT2D eigenvalue weighted by Gasteiger charge is 2.04. The van der Waals surface area contributed by atoms with E-state index in [9.17, 15) is 0 Å². The Hall–Kier alpha value is 1.08. The van der Waals surface area contributed by atoms with E-state index < -0.39 is 0 Å². The molecule has 0 saturated carbocycles. The van der Waals surface area contributed by atoms with Crippen LogP contribution in [0.2, 0.25) is 0 Å². The van der Waals surface area contributed by atoms with Crippen LogP contribution in [0.3, 0.4) is 0 Å². The third-order valence-electron chi connectivity index (χ3n) is 3.98. The SMILES string of the molecule is CCCCCCCCCCCCCCCCS(C)(C)I. The van der Waals surface area contributed by atoms with Crippen molar-refractivity contribution in [1.29, 1.82) is 0 Å². The fourth-order valence-electron chi connectivity index (χ4n) is 2.64. The number of hydrogen-bond acceptors (Lipinski definition) is 0. The summed E-state index contributed by atoms with van der Waals surface area (Å²) in [4.78, 5) is 0. The molecule has 0 spiro atoms. The quantitative estimate of drug-likeness (QED) is 0.189. The van der Waals surface area contributed by atoms with Crippen LogP contribution in [0.1, 0.15) is 96.8 Å². The molecule has 20 heavy (non-hydrogen) atoms. The van der Waals surface area contributed by atoms with Crippen LogP contribution in [-0.2, 0) is 0 Å². The van der Waals surface area contributed by atoms with E-state index in [0.717, 1.165) is 0 Å². The zero-order chi connectivity index (χ0) is 15.1. The van der Waals surface area contributed by atoms with Gasteiger partial charge in [0.05, 0.1) is 0 Å². The molecule has 0 radical (unpaired) electrons. The summed E-state index contributed by atoms with van der Waals surface area (Å²) in [5.74, 6) is 1.46. The van der Waals surface area contributed by atoms with Gasteiger partial charge in [0.2, 0.25) is 0 Å². The monoisotopic (exact) mass is 414 g/mol. The average molecular weight is 414 g/mol. The summed E-state index contributed by atoms with van der Waals surface area (Å²) in [6.45, 7) is 2.30. The van der Waals surface area contributed by atoms with Gasteiger partial charge in [-0.25, -0.2) is 0 Å². The van der Waals surface area contributed by atoms with E-state index >= 15 is 0 Å². The number of rotatable bonds is 15. The van der Waals surface area contributed by atoms with Crippen LogP contribution in [0.15, 0.2) is 0 Å². The van der Waals surface area contributed by atoms with Crippen molar-refractivity contribution in [3.8, 4) is 0 Å². The second-order valence-corrected chi connectivity index (χ2v) is 17.1. The fourth-order valence-corrected chi connectivity index (χ4v) is 4.46. The Morgan fingerprint density at radius 3 is 1.15 bits per heavy atom. The van der Waals surface area contributed by atoms with Crippen LogP contribution in [-0.4, -0.2) is 18.3 Å². The highest BCUT2D eigenvalue weighted by molar-refractivity contribution is 14.2. The standard InChI is InChI=1S/C18H39IS/c1-4-5-6-7-8-9-10-11-12-13-14-15-16-17-18-20(2,3)19/h4-18H2,1-3H3. The van der Waals surface area contributed by atoms with Gasteiger partial charge in [0.15, 0.2) is 0 Å². The van der Waals surface area contributed by atoms with E-state index in [2.05, 4.69) is 40.6 Å². The summed E-state index contributed by atoms with van der Waals surface area (Å²) in [5.41, 5.74) is 0. The minimum absolute atomic E-state index is 0.270. The van der Waals surface area contributed by atoms with Gasteiger partial charge in [-0.1, -0.05) is 90.4 Å². The van der Waals surface area contributed by atoms with Crippen molar-refractivity contribution in [2.75, 3.05) is 18.3 Å². The van der Waals surface area contributed by atoms with E-state index in [1.165, 1.54) is 95.6 Å². The smallest absolute Gasteiger partial charge is 0.0149 e. The summed E-state index contributed by atoms with van der Waals surface area (Å²) in [7, 11) is -0.270. The van der Waals surface area contributed by atoms with Crippen molar-refractivity contribution >= 4 is 28.4 Å². The molecule has 0 amide bonds. The van der Waals surface area contributed by atoms with Crippen molar-refractivity contribution in [3.05, 3.63) is 0 Å². The van der Waals surface area contributed by atoms with Gasteiger partial charge in [-0.3, -0.25) is 0 Å².